The Morgan fingerprint density at radius 1 is 1.32 bits per heavy atom. The van der Waals surface area contributed by atoms with Crippen molar-refractivity contribution in [3.8, 4) is 0 Å². The Hall–Kier alpha value is -3.09. The normalized spacial score (nSPS) is 8.84. The molecular formula is C6H12N10O3. The number of rotatable bonds is 2. The number of aliphatic carboxylic acids is 1. The van der Waals surface area contributed by atoms with Crippen molar-refractivity contribution in [1.29, 1.82) is 0 Å². The molecule has 0 amide bonds. The van der Waals surface area contributed by atoms with Gasteiger partial charge in [0, 0.05) is 0 Å². The van der Waals surface area contributed by atoms with Crippen LogP contribution in [0.15, 0.2) is 6.33 Å². The zero-order valence-corrected chi connectivity index (χ0v) is 9.52. The minimum atomic E-state index is -1.21. The van der Waals surface area contributed by atoms with Gasteiger partial charge >= 0.3 is 17.8 Å². The number of nitrogen functional groups attached to an aromatic ring is 3. The predicted molar refractivity (Wildman–Crippen MR) is 58.3 cm³/mol. The van der Waals surface area contributed by atoms with Gasteiger partial charge in [-0.2, -0.15) is 0 Å². The third-order valence-electron chi connectivity index (χ3n) is 1.41. The summed E-state index contributed by atoms with van der Waals surface area (Å²) in [5, 5.41) is 19.6. The van der Waals surface area contributed by atoms with Gasteiger partial charge in [-0.15, -0.1) is 5.10 Å². The van der Waals surface area contributed by atoms with Crippen molar-refractivity contribution in [3.63, 3.8) is 0 Å². The SMILES string of the molecule is Nc1nc(N)[nH+]c(N)n1.O.O=C([O-])Cn1cnnn1. The van der Waals surface area contributed by atoms with Crippen LogP contribution in [0, 0.1) is 0 Å². The van der Waals surface area contributed by atoms with Gasteiger partial charge in [-0.05, 0) is 10.4 Å². The van der Waals surface area contributed by atoms with Gasteiger partial charge < -0.3 is 32.6 Å². The largest absolute Gasteiger partial charge is 0.548 e. The number of tetrazole rings is 1. The van der Waals surface area contributed by atoms with Crippen molar-refractivity contribution in [3.05, 3.63) is 6.33 Å². The van der Waals surface area contributed by atoms with Crippen LogP contribution in [0.25, 0.3) is 0 Å². The molecule has 19 heavy (non-hydrogen) atoms. The molecule has 2 aromatic heterocycles. The molecule has 0 spiro atoms. The summed E-state index contributed by atoms with van der Waals surface area (Å²) in [6, 6.07) is 0. The molecular weight excluding hydrogens is 260 g/mol. The van der Waals surface area contributed by atoms with Gasteiger partial charge in [0.25, 0.3) is 0 Å². The molecule has 0 aliphatic rings. The molecule has 0 bridgehead atoms. The summed E-state index contributed by atoms with van der Waals surface area (Å²) in [5.74, 6) is -0.800. The maximum atomic E-state index is 9.84. The first-order chi connectivity index (χ1) is 8.47. The maximum Gasteiger partial charge on any atom is 0.320 e. The van der Waals surface area contributed by atoms with E-state index in [4.69, 9.17) is 17.2 Å². The van der Waals surface area contributed by atoms with E-state index in [0.717, 1.165) is 4.68 Å². The van der Waals surface area contributed by atoms with E-state index < -0.39 is 5.97 Å². The number of aromatic amines is 1. The van der Waals surface area contributed by atoms with Crippen LogP contribution in [-0.2, 0) is 11.3 Å². The van der Waals surface area contributed by atoms with Crippen LogP contribution in [0.2, 0.25) is 0 Å². The van der Waals surface area contributed by atoms with Crippen LogP contribution in [0.4, 0.5) is 17.8 Å². The molecule has 0 radical (unpaired) electrons. The highest BCUT2D eigenvalue weighted by Crippen LogP contribution is 1.91. The van der Waals surface area contributed by atoms with Crippen molar-refractivity contribution in [2.75, 3.05) is 17.2 Å². The number of carboxylic acid groups (broad SMARTS) is 1. The topological polar surface area (TPSA) is 233 Å². The molecule has 2 rings (SSSR count). The minimum absolute atomic E-state index is 0. The summed E-state index contributed by atoms with van der Waals surface area (Å²) >= 11 is 0. The molecule has 9 N–H and O–H groups in total. The van der Waals surface area contributed by atoms with Gasteiger partial charge in [-0.1, -0.05) is 9.97 Å². The highest BCUT2D eigenvalue weighted by Gasteiger charge is 2.01. The number of H-pyrrole nitrogens is 1. The second kappa shape index (κ2) is 7.28. The van der Waals surface area contributed by atoms with Crippen LogP contribution in [0.3, 0.4) is 0 Å². The van der Waals surface area contributed by atoms with Crippen LogP contribution >= 0.6 is 0 Å². The number of anilines is 3. The van der Waals surface area contributed by atoms with E-state index in [1.54, 1.807) is 0 Å². The summed E-state index contributed by atoms with van der Waals surface area (Å²) in [6.07, 6.45) is 1.20. The lowest BCUT2D eigenvalue weighted by Gasteiger charge is -1.96. The zero-order valence-electron chi connectivity index (χ0n) is 9.52. The quantitative estimate of drug-likeness (QED) is 0.469. The van der Waals surface area contributed by atoms with Crippen LogP contribution in [0.1, 0.15) is 0 Å². The monoisotopic (exact) mass is 272 g/mol. The molecule has 13 nitrogen and oxygen atoms in total. The maximum absolute atomic E-state index is 9.84. The molecule has 0 aliphatic heterocycles. The Bertz CT molecular complexity index is 464. The van der Waals surface area contributed by atoms with Gasteiger partial charge in [-0.25, -0.2) is 9.67 Å². The Labute approximate surface area is 105 Å². The molecule has 0 fully saturated rings. The highest BCUT2D eigenvalue weighted by atomic mass is 16.4. The second-order valence-electron chi connectivity index (χ2n) is 2.86. The molecule has 0 saturated heterocycles. The number of nitrogens with two attached hydrogens (primary N) is 3. The number of hydrogen-bond acceptors (Lipinski definition) is 10. The smallest absolute Gasteiger partial charge is 0.320 e. The van der Waals surface area contributed by atoms with Crippen LogP contribution in [-0.4, -0.2) is 41.6 Å². The summed E-state index contributed by atoms with van der Waals surface area (Å²) < 4.78 is 1.06. The Morgan fingerprint density at radius 2 is 1.89 bits per heavy atom. The lowest BCUT2D eigenvalue weighted by Crippen LogP contribution is -2.27. The number of hydrogen-bond donors (Lipinski definition) is 3. The van der Waals surface area contributed by atoms with E-state index >= 15 is 0 Å². The van der Waals surface area contributed by atoms with E-state index in [9.17, 15) is 9.90 Å². The van der Waals surface area contributed by atoms with Gasteiger partial charge in [0.2, 0.25) is 0 Å². The van der Waals surface area contributed by atoms with Crippen LogP contribution < -0.4 is 27.3 Å². The fourth-order valence-electron chi connectivity index (χ4n) is 0.844. The lowest BCUT2D eigenvalue weighted by atomic mass is 10.7. The summed E-state index contributed by atoms with van der Waals surface area (Å²) in [5.41, 5.74) is 15.5. The van der Waals surface area contributed by atoms with Crippen molar-refractivity contribution < 1.29 is 20.4 Å². The number of nitrogens with one attached hydrogen (secondary N) is 1. The first-order valence-corrected chi connectivity index (χ1v) is 4.45. The molecule has 0 aromatic carbocycles. The zero-order chi connectivity index (χ0) is 13.5. The number of carbonyl (C=O) groups is 1. The van der Waals surface area contributed by atoms with E-state index in [1.807, 2.05) is 0 Å². The molecule has 2 heterocycles. The van der Waals surface area contributed by atoms with E-state index in [0.29, 0.717) is 0 Å². The fourth-order valence-corrected chi connectivity index (χ4v) is 0.844. The van der Waals surface area contributed by atoms with Crippen molar-refractivity contribution in [1.82, 2.24) is 30.2 Å². The first kappa shape index (κ1) is 15.9. The third-order valence-corrected chi connectivity index (χ3v) is 1.41. The number of aromatic nitrogens is 7. The molecule has 0 atom stereocenters. The van der Waals surface area contributed by atoms with E-state index in [-0.39, 0.29) is 29.9 Å². The Balaban J connectivity index is 0.000000324. The van der Waals surface area contributed by atoms with Gasteiger partial charge in [-0.3, -0.25) is 0 Å². The van der Waals surface area contributed by atoms with Gasteiger partial charge in [0.15, 0.2) is 0 Å². The standard InChI is InChI=1S/C3H6N6.C3H4N4O2.H2O/c4-1-7-2(5)9-3(6)8-1;8-3(9)1-7-2-4-5-6-7;/h(H6,4,5,6,7,8,9);2H,1H2,(H,8,9);1H2. The fraction of sp³-hybridized carbons (Fsp3) is 0.167. The van der Waals surface area contributed by atoms with E-state index in [2.05, 4.69) is 30.5 Å². The summed E-state index contributed by atoms with van der Waals surface area (Å²) in [4.78, 5) is 19.4. The number of carboxylic acids is 1. The van der Waals surface area contributed by atoms with Gasteiger partial charge in [0.05, 0.1) is 12.5 Å². The highest BCUT2D eigenvalue weighted by molar-refractivity contribution is 5.63. The minimum Gasteiger partial charge on any atom is -0.548 e. The Morgan fingerprint density at radius 3 is 2.26 bits per heavy atom. The van der Waals surface area contributed by atoms with E-state index in [1.165, 1.54) is 6.33 Å². The molecule has 0 saturated carbocycles. The molecule has 2 aromatic rings. The first-order valence-electron chi connectivity index (χ1n) is 4.45. The third kappa shape index (κ3) is 6.27. The molecule has 0 unspecified atom stereocenters. The van der Waals surface area contributed by atoms with Crippen molar-refractivity contribution in [2.24, 2.45) is 0 Å². The average molecular weight is 272 g/mol. The predicted octanol–water partition coefficient (Wildman–Crippen LogP) is -5.36. The number of nitrogens with zero attached hydrogens (tertiary/aromatic N) is 6. The summed E-state index contributed by atoms with van der Waals surface area (Å²) in [6.45, 7) is -0.299. The average Bonchev–Trinajstić information content (AvgIpc) is 2.67. The lowest BCUT2D eigenvalue weighted by molar-refractivity contribution is -0.350. The molecule has 13 heteroatoms. The second-order valence-corrected chi connectivity index (χ2v) is 2.86. The molecule has 104 valence electrons. The summed E-state index contributed by atoms with van der Waals surface area (Å²) in [7, 11) is 0. The van der Waals surface area contributed by atoms with Crippen molar-refractivity contribution >= 4 is 23.8 Å². The van der Waals surface area contributed by atoms with Crippen molar-refractivity contribution in [2.45, 2.75) is 6.54 Å². The van der Waals surface area contributed by atoms with Crippen LogP contribution in [0.5, 0.6) is 0 Å². The molecule has 0 aliphatic carbocycles. The number of carbonyl (C=O) groups excluding carboxylic acids is 1. The van der Waals surface area contributed by atoms with Gasteiger partial charge in [0.1, 0.15) is 6.33 Å². The Kier molecular flexibility index (Phi) is 6.09.